The average molecular weight is 275 g/mol. The fourth-order valence-electron chi connectivity index (χ4n) is 4.01. The summed E-state index contributed by atoms with van der Waals surface area (Å²) in [5.74, 6) is 0.166. The lowest BCUT2D eigenvalue weighted by Gasteiger charge is -2.44. The molecule has 0 radical (unpaired) electrons. The highest BCUT2D eigenvalue weighted by molar-refractivity contribution is 5.96. The Bertz CT molecular complexity index is 470. The zero-order valence-electron chi connectivity index (χ0n) is 12.7. The van der Waals surface area contributed by atoms with Crippen molar-refractivity contribution in [1.29, 1.82) is 0 Å². The highest BCUT2D eigenvalue weighted by atomic mass is 16.2. The third-order valence-corrected chi connectivity index (χ3v) is 5.37. The van der Waals surface area contributed by atoms with Gasteiger partial charge in [-0.05, 0) is 44.9 Å². The molecule has 2 heterocycles. The Balaban J connectivity index is 1.67. The molecule has 1 spiro atoms. The number of amides is 1. The molecule has 1 aromatic heterocycles. The summed E-state index contributed by atoms with van der Waals surface area (Å²) in [6.45, 7) is 5.68. The Morgan fingerprint density at radius 2 is 1.75 bits per heavy atom. The number of aromatic amines is 1. The van der Waals surface area contributed by atoms with E-state index in [-0.39, 0.29) is 5.91 Å². The van der Waals surface area contributed by atoms with Crippen molar-refractivity contribution in [2.45, 2.75) is 58.8 Å². The first-order valence-electron chi connectivity index (χ1n) is 7.92. The highest BCUT2D eigenvalue weighted by Crippen LogP contribution is 2.44. The molecule has 20 heavy (non-hydrogen) atoms. The first kappa shape index (κ1) is 13.7. The molecule has 2 aliphatic rings. The van der Waals surface area contributed by atoms with Gasteiger partial charge in [-0.1, -0.05) is 19.3 Å². The number of nitrogens with zero attached hydrogens (tertiary/aromatic N) is 2. The Kier molecular flexibility index (Phi) is 3.57. The second-order valence-electron chi connectivity index (χ2n) is 6.66. The van der Waals surface area contributed by atoms with Gasteiger partial charge in [-0.3, -0.25) is 9.89 Å². The van der Waals surface area contributed by atoms with Gasteiger partial charge in [0.2, 0.25) is 0 Å². The number of hydrogen-bond acceptors (Lipinski definition) is 2. The Hall–Kier alpha value is -1.32. The smallest absolute Gasteiger partial charge is 0.257 e. The number of piperidine rings is 1. The van der Waals surface area contributed by atoms with Crippen LogP contribution in [0.2, 0.25) is 0 Å². The van der Waals surface area contributed by atoms with E-state index in [1.807, 2.05) is 18.7 Å². The number of aryl methyl sites for hydroxylation is 2. The molecule has 1 aliphatic carbocycles. The molecule has 1 saturated heterocycles. The van der Waals surface area contributed by atoms with E-state index in [1.54, 1.807) is 0 Å². The third-order valence-electron chi connectivity index (χ3n) is 5.37. The van der Waals surface area contributed by atoms with Crippen LogP contribution in [-0.2, 0) is 0 Å². The van der Waals surface area contributed by atoms with Crippen LogP contribution in [0.15, 0.2) is 0 Å². The molecule has 0 atom stereocenters. The minimum atomic E-state index is 0.166. The van der Waals surface area contributed by atoms with Crippen molar-refractivity contribution >= 4 is 5.91 Å². The fraction of sp³-hybridized carbons (Fsp3) is 0.750. The molecule has 2 fully saturated rings. The monoisotopic (exact) mass is 275 g/mol. The largest absolute Gasteiger partial charge is 0.338 e. The number of likely N-dealkylation sites (tertiary alicyclic amines) is 1. The summed E-state index contributed by atoms with van der Waals surface area (Å²) in [5.41, 5.74) is 3.05. The van der Waals surface area contributed by atoms with Crippen LogP contribution in [0.5, 0.6) is 0 Å². The van der Waals surface area contributed by atoms with Gasteiger partial charge in [0.25, 0.3) is 5.91 Å². The van der Waals surface area contributed by atoms with E-state index in [0.717, 1.165) is 30.0 Å². The van der Waals surface area contributed by atoms with Crippen molar-refractivity contribution in [2.24, 2.45) is 5.41 Å². The zero-order valence-corrected chi connectivity index (χ0v) is 12.7. The average Bonchev–Trinajstić information content (AvgIpc) is 2.79. The number of carbonyl (C=O) groups excluding carboxylic acids is 1. The van der Waals surface area contributed by atoms with E-state index in [2.05, 4.69) is 10.2 Å². The molecule has 1 amide bonds. The van der Waals surface area contributed by atoms with E-state index in [4.69, 9.17) is 0 Å². The van der Waals surface area contributed by atoms with E-state index in [1.165, 1.54) is 44.9 Å². The minimum absolute atomic E-state index is 0.166. The maximum atomic E-state index is 12.6. The molecule has 1 aromatic rings. The van der Waals surface area contributed by atoms with Crippen molar-refractivity contribution in [3.8, 4) is 0 Å². The summed E-state index contributed by atoms with van der Waals surface area (Å²) in [7, 11) is 0. The van der Waals surface area contributed by atoms with Gasteiger partial charge >= 0.3 is 0 Å². The standard InChI is InChI=1S/C16H25N3O/c1-12-14(13(2)18-17-12)15(20)19-10-8-16(9-11-19)6-4-3-5-7-16/h3-11H2,1-2H3,(H,17,18). The summed E-state index contributed by atoms with van der Waals surface area (Å²) in [6.07, 6.45) is 9.29. The fourth-order valence-corrected chi connectivity index (χ4v) is 4.01. The van der Waals surface area contributed by atoms with Gasteiger partial charge in [-0.2, -0.15) is 5.10 Å². The molecule has 0 bridgehead atoms. The first-order valence-corrected chi connectivity index (χ1v) is 7.92. The molecule has 0 aromatic carbocycles. The van der Waals surface area contributed by atoms with Crippen LogP contribution in [0.4, 0.5) is 0 Å². The SMILES string of the molecule is Cc1n[nH]c(C)c1C(=O)N1CCC2(CCCCC2)CC1. The molecule has 4 heteroatoms. The highest BCUT2D eigenvalue weighted by Gasteiger charge is 2.37. The molecule has 1 saturated carbocycles. The third kappa shape index (κ3) is 2.36. The van der Waals surface area contributed by atoms with Crippen LogP contribution in [0.1, 0.15) is 66.7 Å². The van der Waals surface area contributed by atoms with Crippen molar-refractivity contribution in [3.63, 3.8) is 0 Å². The Labute approximate surface area is 120 Å². The molecule has 0 unspecified atom stereocenters. The predicted octanol–water partition coefficient (Wildman–Crippen LogP) is 3.21. The van der Waals surface area contributed by atoms with Crippen LogP contribution in [-0.4, -0.2) is 34.1 Å². The lowest BCUT2D eigenvalue weighted by atomic mass is 9.68. The number of carbonyl (C=O) groups is 1. The quantitative estimate of drug-likeness (QED) is 0.855. The van der Waals surface area contributed by atoms with Crippen molar-refractivity contribution < 1.29 is 4.79 Å². The maximum absolute atomic E-state index is 12.6. The second-order valence-corrected chi connectivity index (χ2v) is 6.66. The summed E-state index contributed by atoms with van der Waals surface area (Å²) in [6, 6.07) is 0. The van der Waals surface area contributed by atoms with Crippen LogP contribution in [0.25, 0.3) is 0 Å². The van der Waals surface area contributed by atoms with Gasteiger partial charge in [0.05, 0.1) is 11.3 Å². The topological polar surface area (TPSA) is 49.0 Å². The molecular weight excluding hydrogens is 250 g/mol. The lowest BCUT2D eigenvalue weighted by molar-refractivity contribution is 0.0471. The Morgan fingerprint density at radius 1 is 1.10 bits per heavy atom. The molecule has 110 valence electrons. The molecule has 3 rings (SSSR count). The number of rotatable bonds is 1. The number of aromatic nitrogens is 2. The number of nitrogens with one attached hydrogen (secondary N) is 1. The van der Waals surface area contributed by atoms with Crippen LogP contribution >= 0.6 is 0 Å². The minimum Gasteiger partial charge on any atom is -0.338 e. The van der Waals surface area contributed by atoms with Crippen molar-refractivity contribution in [3.05, 3.63) is 17.0 Å². The Morgan fingerprint density at radius 3 is 2.30 bits per heavy atom. The molecule has 4 nitrogen and oxygen atoms in total. The molecular formula is C16H25N3O. The summed E-state index contributed by atoms with van der Waals surface area (Å²) >= 11 is 0. The first-order chi connectivity index (χ1) is 9.61. The van der Waals surface area contributed by atoms with E-state index < -0.39 is 0 Å². The number of hydrogen-bond donors (Lipinski definition) is 1. The predicted molar refractivity (Wildman–Crippen MR) is 78.7 cm³/mol. The van der Waals surface area contributed by atoms with Gasteiger partial charge in [0, 0.05) is 18.8 Å². The zero-order chi connectivity index (χ0) is 14.2. The van der Waals surface area contributed by atoms with Crippen molar-refractivity contribution in [1.82, 2.24) is 15.1 Å². The van der Waals surface area contributed by atoms with Gasteiger partial charge in [-0.25, -0.2) is 0 Å². The van der Waals surface area contributed by atoms with E-state index in [0.29, 0.717) is 5.41 Å². The van der Waals surface area contributed by atoms with Crippen LogP contribution in [0, 0.1) is 19.3 Å². The summed E-state index contributed by atoms with van der Waals surface area (Å²) in [4.78, 5) is 14.7. The van der Waals surface area contributed by atoms with Gasteiger partial charge < -0.3 is 4.90 Å². The van der Waals surface area contributed by atoms with Crippen molar-refractivity contribution in [2.75, 3.05) is 13.1 Å². The van der Waals surface area contributed by atoms with Crippen LogP contribution in [0.3, 0.4) is 0 Å². The summed E-state index contributed by atoms with van der Waals surface area (Å²) in [5, 5.41) is 7.06. The molecule has 1 N–H and O–H groups in total. The van der Waals surface area contributed by atoms with Crippen LogP contribution < -0.4 is 0 Å². The van der Waals surface area contributed by atoms with Gasteiger partial charge in [-0.15, -0.1) is 0 Å². The normalized spacial score (nSPS) is 22.2. The lowest BCUT2D eigenvalue weighted by Crippen LogP contribution is -2.44. The van der Waals surface area contributed by atoms with E-state index >= 15 is 0 Å². The van der Waals surface area contributed by atoms with Gasteiger partial charge in [0.1, 0.15) is 0 Å². The number of H-pyrrole nitrogens is 1. The maximum Gasteiger partial charge on any atom is 0.257 e. The van der Waals surface area contributed by atoms with E-state index in [9.17, 15) is 4.79 Å². The van der Waals surface area contributed by atoms with Gasteiger partial charge in [0.15, 0.2) is 0 Å². The second kappa shape index (κ2) is 5.23. The summed E-state index contributed by atoms with van der Waals surface area (Å²) < 4.78 is 0. The molecule has 1 aliphatic heterocycles.